The number of aromatic carboxylic acids is 1. The van der Waals surface area contributed by atoms with Crippen LogP contribution in [0, 0.1) is 0 Å². The number of nitrogens with zero attached hydrogens (tertiary/aromatic N) is 1. The first-order valence-corrected chi connectivity index (χ1v) is 4.43. The van der Waals surface area contributed by atoms with E-state index in [1.807, 2.05) is 6.08 Å². The Labute approximate surface area is 81.0 Å². The standard InChI is InChI=1S/C10H10N2O2/c13-10(14)9-6-8(11-12-9)7-4-2-1-3-5-7/h2,4-6H,1,3H2,(H,11,12)(H,13,14). The summed E-state index contributed by atoms with van der Waals surface area (Å²) < 4.78 is 0. The zero-order chi connectivity index (χ0) is 9.97. The number of carboxylic acids is 1. The van der Waals surface area contributed by atoms with Gasteiger partial charge in [-0.15, -0.1) is 0 Å². The first-order chi connectivity index (χ1) is 6.77. The summed E-state index contributed by atoms with van der Waals surface area (Å²) >= 11 is 0. The van der Waals surface area contributed by atoms with Crippen molar-refractivity contribution < 1.29 is 9.90 Å². The van der Waals surface area contributed by atoms with E-state index in [0.29, 0.717) is 5.69 Å². The Balaban J connectivity index is 2.28. The van der Waals surface area contributed by atoms with Crippen LogP contribution in [0.5, 0.6) is 0 Å². The van der Waals surface area contributed by atoms with E-state index in [1.54, 1.807) is 6.07 Å². The molecule has 4 nitrogen and oxygen atoms in total. The SMILES string of the molecule is O=C(O)c1cc(C2=CCCC=C2)n[nH]1. The lowest BCUT2D eigenvalue weighted by Gasteiger charge is -2.01. The fourth-order valence-electron chi connectivity index (χ4n) is 1.38. The molecule has 0 aliphatic heterocycles. The number of aromatic amines is 1. The molecular formula is C10H10N2O2. The van der Waals surface area contributed by atoms with Gasteiger partial charge in [-0.05, 0) is 24.5 Å². The van der Waals surface area contributed by atoms with E-state index >= 15 is 0 Å². The Morgan fingerprint density at radius 3 is 2.93 bits per heavy atom. The number of H-pyrrole nitrogens is 1. The lowest BCUT2D eigenvalue weighted by molar-refractivity contribution is 0.0690. The maximum atomic E-state index is 10.6. The third-order valence-electron chi connectivity index (χ3n) is 2.10. The van der Waals surface area contributed by atoms with Gasteiger partial charge in [0, 0.05) is 0 Å². The number of carbonyl (C=O) groups is 1. The summed E-state index contributed by atoms with van der Waals surface area (Å²) in [6.07, 6.45) is 8.11. The van der Waals surface area contributed by atoms with Gasteiger partial charge < -0.3 is 5.11 Å². The molecular weight excluding hydrogens is 180 g/mol. The van der Waals surface area contributed by atoms with Crippen LogP contribution in [0.25, 0.3) is 5.57 Å². The molecule has 0 aromatic carbocycles. The van der Waals surface area contributed by atoms with Crippen molar-refractivity contribution in [3.8, 4) is 0 Å². The molecule has 4 heteroatoms. The Morgan fingerprint density at radius 2 is 2.36 bits per heavy atom. The molecule has 0 spiro atoms. The molecule has 14 heavy (non-hydrogen) atoms. The molecule has 1 aromatic rings. The van der Waals surface area contributed by atoms with Crippen molar-refractivity contribution in [1.82, 2.24) is 10.2 Å². The third-order valence-corrected chi connectivity index (χ3v) is 2.10. The lowest BCUT2D eigenvalue weighted by Crippen LogP contribution is -1.95. The molecule has 1 heterocycles. The topological polar surface area (TPSA) is 66.0 Å². The minimum absolute atomic E-state index is 0.125. The van der Waals surface area contributed by atoms with E-state index in [0.717, 1.165) is 18.4 Å². The number of aromatic nitrogens is 2. The molecule has 0 atom stereocenters. The highest BCUT2D eigenvalue weighted by molar-refractivity contribution is 5.87. The van der Waals surface area contributed by atoms with Crippen LogP contribution in [0.2, 0.25) is 0 Å². The van der Waals surface area contributed by atoms with Crippen LogP contribution in [0.3, 0.4) is 0 Å². The molecule has 0 saturated heterocycles. The van der Waals surface area contributed by atoms with E-state index in [2.05, 4.69) is 22.3 Å². The van der Waals surface area contributed by atoms with Crippen molar-refractivity contribution in [2.75, 3.05) is 0 Å². The molecule has 0 bridgehead atoms. The second-order valence-electron chi connectivity index (χ2n) is 3.11. The van der Waals surface area contributed by atoms with Gasteiger partial charge in [0.2, 0.25) is 0 Å². The highest BCUT2D eigenvalue weighted by Crippen LogP contribution is 2.19. The summed E-state index contributed by atoms with van der Waals surface area (Å²) in [7, 11) is 0. The number of hydrogen-bond acceptors (Lipinski definition) is 2. The molecule has 72 valence electrons. The van der Waals surface area contributed by atoms with Gasteiger partial charge in [0.15, 0.2) is 0 Å². The van der Waals surface area contributed by atoms with Crippen LogP contribution in [0.15, 0.2) is 24.3 Å². The van der Waals surface area contributed by atoms with Crippen molar-refractivity contribution in [3.05, 3.63) is 35.7 Å². The molecule has 1 aliphatic rings. The molecule has 1 aromatic heterocycles. The molecule has 0 fully saturated rings. The summed E-state index contributed by atoms with van der Waals surface area (Å²) in [5.74, 6) is -0.982. The fraction of sp³-hybridized carbons (Fsp3) is 0.200. The van der Waals surface area contributed by atoms with E-state index in [-0.39, 0.29) is 5.69 Å². The van der Waals surface area contributed by atoms with Gasteiger partial charge in [0.05, 0.1) is 5.69 Å². The first-order valence-electron chi connectivity index (χ1n) is 4.43. The predicted octanol–water partition coefficient (Wildman–Crippen LogP) is 1.84. The normalized spacial score (nSPS) is 15.3. The maximum Gasteiger partial charge on any atom is 0.353 e. The fourth-order valence-corrected chi connectivity index (χ4v) is 1.38. The van der Waals surface area contributed by atoms with Gasteiger partial charge >= 0.3 is 5.97 Å². The Bertz CT molecular complexity index is 416. The molecule has 0 amide bonds. The monoisotopic (exact) mass is 190 g/mol. The average Bonchev–Trinajstić information content (AvgIpc) is 2.68. The summed E-state index contributed by atoms with van der Waals surface area (Å²) in [4.78, 5) is 10.6. The van der Waals surface area contributed by atoms with E-state index in [4.69, 9.17) is 5.11 Å². The number of carboxylic acid groups (broad SMARTS) is 1. The summed E-state index contributed by atoms with van der Waals surface area (Å²) in [6.45, 7) is 0. The van der Waals surface area contributed by atoms with Crippen LogP contribution in [0.1, 0.15) is 29.0 Å². The largest absolute Gasteiger partial charge is 0.477 e. The van der Waals surface area contributed by atoms with Crippen molar-refractivity contribution in [1.29, 1.82) is 0 Å². The van der Waals surface area contributed by atoms with Crippen molar-refractivity contribution in [2.24, 2.45) is 0 Å². The number of nitrogens with one attached hydrogen (secondary N) is 1. The van der Waals surface area contributed by atoms with Gasteiger partial charge in [0.25, 0.3) is 0 Å². The zero-order valence-corrected chi connectivity index (χ0v) is 7.53. The highest BCUT2D eigenvalue weighted by Gasteiger charge is 2.10. The number of hydrogen-bond donors (Lipinski definition) is 2. The van der Waals surface area contributed by atoms with Crippen molar-refractivity contribution in [3.63, 3.8) is 0 Å². The van der Waals surface area contributed by atoms with Crippen LogP contribution in [-0.2, 0) is 0 Å². The molecule has 2 N–H and O–H groups in total. The van der Waals surface area contributed by atoms with Crippen LogP contribution in [0.4, 0.5) is 0 Å². The Hall–Kier alpha value is -1.84. The smallest absolute Gasteiger partial charge is 0.353 e. The highest BCUT2D eigenvalue weighted by atomic mass is 16.4. The summed E-state index contributed by atoms with van der Waals surface area (Å²) in [5.41, 5.74) is 1.80. The second-order valence-corrected chi connectivity index (χ2v) is 3.11. The van der Waals surface area contributed by atoms with Gasteiger partial charge in [-0.25, -0.2) is 4.79 Å². The molecule has 0 radical (unpaired) electrons. The quantitative estimate of drug-likeness (QED) is 0.747. The molecule has 1 aliphatic carbocycles. The summed E-state index contributed by atoms with van der Waals surface area (Å²) in [5, 5.41) is 15.1. The van der Waals surface area contributed by atoms with Gasteiger partial charge in [0.1, 0.15) is 5.69 Å². The van der Waals surface area contributed by atoms with Gasteiger partial charge in [-0.1, -0.05) is 18.2 Å². The van der Waals surface area contributed by atoms with E-state index < -0.39 is 5.97 Å². The van der Waals surface area contributed by atoms with Crippen molar-refractivity contribution >= 4 is 11.5 Å². The Kier molecular flexibility index (Phi) is 2.18. The van der Waals surface area contributed by atoms with Gasteiger partial charge in [-0.2, -0.15) is 5.10 Å². The summed E-state index contributed by atoms with van der Waals surface area (Å²) in [6, 6.07) is 1.55. The van der Waals surface area contributed by atoms with E-state index in [9.17, 15) is 4.79 Å². The van der Waals surface area contributed by atoms with Crippen LogP contribution in [-0.4, -0.2) is 21.3 Å². The molecule has 0 saturated carbocycles. The average molecular weight is 190 g/mol. The zero-order valence-electron chi connectivity index (χ0n) is 7.53. The third kappa shape index (κ3) is 1.59. The van der Waals surface area contributed by atoms with Crippen molar-refractivity contribution in [2.45, 2.75) is 12.8 Å². The first kappa shape index (κ1) is 8.74. The number of allylic oxidation sites excluding steroid dienone is 4. The minimum atomic E-state index is -0.982. The molecule has 0 unspecified atom stereocenters. The van der Waals surface area contributed by atoms with Crippen LogP contribution < -0.4 is 0 Å². The predicted molar refractivity (Wildman–Crippen MR) is 51.9 cm³/mol. The Morgan fingerprint density at radius 1 is 1.50 bits per heavy atom. The maximum absolute atomic E-state index is 10.6. The molecule has 2 rings (SSSR count). The van der Waals surface area contributed by atoms with Gasteiger partial charge in [-0.3, -0.25) is 5.10 Å². The minimum Gasteiger partial charge on any atom is -0.477 e. The number of rotatable bonds is 2. The lowest BCUT2D eigenvalue weighted by atomic mass is 10.0. The van der Waals surface area contributed by atoms with Crippen LogP contribution >= 0.6 is 0 Å². The van der Waals surface area contributed by atoms with E-state index in [1.165, 1.54) is 0 Å². The second kappa shape index (κ2) is 3.49.